The minimum atomic E-state index is 0.176. The topological polar surface area (TPSA) is 17.1 Å². The molecule has 0 atom stereocenters. The SMILES string of the molecule is CC(=O)c1ccccc1CCCC(C)C. The van der Waals surface area contributed by atoms with E-state index < -0.39 is 0 Å². The second kappa shape index (κ2) is 5.69. The molecule has 0 aromatic heterocycles. The Bertz CT molecular complexity index is 326. The lowest BCUT2D eigenvalue weighted by Crippen LogP contribution is -2.00. The van der Waals surface area contributed by atoms with E-state index in [2.05, 4.69) is 19.9 Å². The predicted molar refractivity (Wildman–Crippen MR) is 64.2 cm³/mol. The lowest BCUT2D eigenvalue weighted by molar-refractivity contribution is 0.101. The van der Waals surface area contributed by atoms with E-state index in [1.807, 2.05) is 18.2 Å². The number of hydrogen-bond donors (Lipinski definition) is 0. The van der Waals surface area contributed by atoms with Gasteiger partial charge in [-0.15, -0.1) is 0 Å². The molecule has 1 aromatic carbocycles. The van der Waals surface area contributed by atoms with Crippen LogP contribution < -0.4 is 0 Å². The molecule has 0 aliphatic heterocycles. The molecule has 0 aliphatic rings. The maximum Gasteiger partial charge on any atom is 0.160 e. The molecule has 0 bridgehead atoms. The molecule has 82 valence electrons. The summed E-state index contributed by atoms with van der Waals surface area (Å²) in [7, 11) is 0. The molecule has 0 amide bonds. The fourth-order valence-electron chi connectivity index (χ4n) is 1.78. The van der Waals surface area contributed by atoms with Gasteiger partial charge >= 0.3 is 0 Å². The van der Waals surface area contributed by atoms with Crippen LogP contribution in [0.15, 0.2) is 24.3 Å². The molecule has 0 radical (unpaired) electrons. The van der Waals surface area contributed by atoms with Gasteiger partial charge in [0.25, 0.3) is 0 Å². The normalized spacial score (nSPS) is 10.7. The Kier molecular flexibility index (Phi) is 4.54. The van der Waals surface area contributed by atoms with E-state index in [1.54, 1.807) is 6.92 Å². The fraction of sp³-hybridized carbons (Fsp3) is 0.500. The lowest BCUT2D eigenvalue weighted by atomic mass is 9.97. The molecule has 0 spiro atoms. The highest BCUT2D eigenvalue weighted by molar-refractivity contribution is 5.95. The summed E-state index contributed by atoms with van der Waals surface area (Å²) < 4.78 is 0. The van der Waals surface area contributed by atoms with Crippen molar-refractivity contribution >= 4 is 5.78 Å². The number of carbonyl (C=O) groups excluding carboxylic acids is 1. The van der Waals surface area contributed by atoms with Gasteiger partial charge in [0.05, 0.1) is 0 Å². The maximum absolute atomic E-state index is 11.4. The number of aryl methyl sites for hydroxylation is 1. The van der Waals surface area contributed by atoms with Crippen molar-refractivity contribution in [3.63, 3.8) is 0 Å². The molecular weight excluding hydrogens is 184 g/mol. The van der Waals surface area contributed by atoms with Crippen LogP contribution in [0, 0.1) is 5.92 Å². The summed E-state index contributed by atoms with van der Waals surface area (Å²) in [6, 6.07) is 7.93. The van der Waals surface area contributed by atoms with Crippen molar-refractivity contribution in [1.29, 1.82) is 0 Å². The zero-order valence-electron chi connectivity index (χ0n) is 9.92. The number of rotatable bonds is 5. The first-order valence-electron chi connectivity index (χ1n) is 5.70. The third-order valence-corrected chi connectivity index (χ3v) is 2.62. The zero-order valence-corrected chi connectivity index (χ0v) is 9.92. The summed E-state index contributed by atoms with van der Waals surface area (Å²) in [6.45, 7) is 6.11. The first-order valence-corrected chi connectivity index (χ1v) is 5.70. The Labute approximate surface area is 92.5 Å². The van der Waals surface area contributed by atoms with Gasteiger partial charge in [-0.05, 0) is 31.2 Å². The molecule has 1 heteroatoms. The van der Waals surface area contributed by atoms with E-state index in [0.29, 0.717) is 0 Å². The summed E-state index contributed by atoms with van der Waals surface area (Å²) >= 11 is 0. The van der Waals surface area contributed by atoms with Crippen molar-refractivity contribution in [3.05, 3.63) is 35.4 Å². The molecule has 15 heavy (non-hydrogen) atoms. The summed E-state index contributed by atoms with van der Waals surface area (Å²) in [6.07, 6.45) is 3.42. The smallest absolute Gasteiger partial charge is 0.160 e. The third-order valence-electron chi connectivity index (χ3n) is 2.62. The van der Waals surface area contributed by atoms with Gasteiger partial charge in [-0.25, -0.2) is 0 Å². The summed E-state index contributed by atoms with van der Waals surface area (Å²) in [5.41, 5.74) is 2.09. The summed E-state index contributed by atoms with van der Waals surface area (Å²) in [5.74, 6) is 0.921. The van der Waals surface area contributed by atoms with Crippen LogP contribution in [0.2, 0.25) is 0 Å². The molecule has 0 heterocycles. The maximum atomic E-state index is 11.4. The Morgan fingerprint density at radius 2 is 1.93 bits per heavy atom. The van der Waals surface area contributed by atoms with Gasteiger partial charge in [-0.2, -0.15) is 0 Å². The predicted octanol–water partition coefficient (Wildman–Crippen LogP) is 3.87. The van der Waals surface area contributed by atoms with E-state index in [-0.39, 0.29) is 5.78 Å². The first kappa shape index (κ1) is 12.0. The van der Waals surface area contributed by atoms with Gasteiger partial charge < -0.3 is 0 Å². The van der Waals surface area contributed by atoms with Gasteiger partial charge in [0, 0.05) is 5.56 Å². The van der Waals surface area contributed by atoms with E-state index in [9.17, 15) is 4.79 Å². The molecule has 1 nitrogen and oxygen atoms in total. The number of hydrogen-bond acceptors (Lipinski definition) is 1. The number of benzene rings is 1. The second-order valence-electron chi connectivity index (χ2n) is 4.50. The van der Waals surface area contributed by atoms with Gasteiger partial charge in [-0.3, -0.25) is 4.79 Å². The fourth-order valence-corrected chi connectivity index (χ4v) is 1.78. The van der Waals surface area contributed by atoms with Gasteiger partial charge in [-0.1, -0.05) is 44.5 Å². The number of Topliss-reactive ketones (excluding diaryl/α,β-unsaturated/α-hetero) is 1. The van der Waals surface area contributed by atoms with Gasteiger partial charge in [0.1, 0.15) is 0 Å². The van der Waals surface area contributed by atoms with E-state index >= 15 is 0 Å². The second-order valence-corrected chi connectivity index (χ2v) is 4.50. The molecule has 0 aliphatic carbocycles. The van der Waals surface area contributed by atoms with Gasteiger partial charge in [0.2, 0.25) is 0 Å². The lowest BCUT2D eigenvalue weighted by Gasteiger charge is -2.07. The average Bonchev–Trinajstić information content (AvgIpc) is 2.17. The Hall–Kier alpha value is -1.11. The molecule has 0 unspecified atom stereocenters. The number of ketones is 1. The highest BCUT2D eigenvalue weighted by Gasteiger charge is 2.05. The monoisotopic (exact) mass is 204 g/mol. The van der Waals surface area contributed by atoms with Crippen molar-refractivity contribution in [2.75, 3.05) is 0 Å². The van der Waals surface area contributed by atoms with E-state index in [1.165, 1.54) is 18.4 Å². The Morgan fingerprint density at radius 1 is 1.27 bits per heavy atom. The highest BCUT2D eigenvalue weighted by Crippen LogP contribution is 2.14. The summed E-state index contributed by atoms with van der Waals surface area (Å²) in [5, 5.41) is 0. The van der Waals surface area contributed by atoms with Crippen LogP contribution in [-0.2, 0) is 6.42 Å². The quantitative estimate of drug-likeness (QED) is 0.665. The molecule has 1 rings (SSSR count). The third kappa shape index (κ3) is 3.86. The largest absolute Gasteiger partial charge is 0.295 e. The van der Waals surface area contributed by atoms with Crippen molar-refractivity contribution in [2.45, 2.75) is 40.0 Å². The van der Waals surface area contributed by atoms with Crippen LogP contribution in [0.1, 0.15) is 49.5 Å². The molecule has 0 saturated carbocycles. The van der Waals surface area contributed by atoms with Crippen LogP contribution in [0.3, 0.4) is 0 Å². The van der Waals surface area contributed by atoms with E-state index in [4.69, 9.17) is 0 Å². The van der Waals surface area contributed by atoms with Crippen LogP contribution >= 0.6 is 0 Å². The van der Waals surface area contributed by atoms with Crippen molar-refractivity contribution in [2.24, 2.45) is 5.92 Å². The first-order chi connectivity index (χ1) is 7.11. The summed E-state index contributed by atoms with van der Waals surface area (Å²) in [4.78, 5) is 11.4. The molecular formula is C14H20O. The van der Waals surface area contributed by atoms with Crippen LogP contribution in [0.25, 0.3) is 0 Å². The average molecular weight is 204 g/mol. The van der Waals surface area contributed by atoms with Gasteiger partial charge in [0.15, 0.2) is 5.78 Å². The van der Waals surface area contributed by atoms with Crippen LogP contribution in [0.5, 0.6) is 0 Å². The standard InChI is InChI=1S/C14H20O/c1-11(2)7-6-9-13-8-4-5-10-14(13)12(3)15/h4-5,8,10-11H,6-7,9H2,1-3H3. The molecule has 0 saturated heterocycles. The molecule has 0 fully saturated rings. The number of carbonyl (C=O) groups is 1. The van der Waals surface area contributed by atoms with E-state index in [0.717, 1.165) is 17.9 Å². The van der Waals surface area contributed by atoms with Crippen molar-refractivity contribution in [1.82, 2.24) is 0 Å². The molecule has 1 aromatic rings. The minimum Gasteiger partial charge on any atom is -0.295 e. The zero-order chi connectivity index (χ0) is 11.3. The highest BCUT2D eigenvalue weighted by atomic mass is 16.1. The van der Waals surface area contributed by atoms with Crippen molar-refractivity contribution in [3.8, 4) is 0 Å². The Balaban J connectivity index is 2.63. The van der Waals surface area contributed by atoms with Crippen molar-refractivity contribution < 1.29 is 4.79 Å². The van der Waals surface area contributed by atoms with Crippen LogP contribution in [-0.4, -0.2) is 5.78 Å². The molecule has 0 N–H and O–H groups in total. The Morgan fingerprint density at radius 3 is 2.53 bits per heavy atom. The van der Waals surface area contributed by atoms with Crippen LogP contribution in [0.4, 0.5) is 0 Å². The minimum absolute atomic E-state index is 0.176.